The van der Waals surface area contributed by atoms with Crippen molar-refractivity contribution in [3.63, 3.8) is 0 Å². The molecule has 0 amide bonds. The maximum atomic E-state index is 9.44. The zero-order valence-electron chi connectivity index (χ0n) is 10.6. The fraction of sp³-hybridized carbons (Fsp3) is 0.400. The van der Waals surface area contributed by atoms with Gasteiger partial charge in [-0.25, -0.2) is 0 Å². The third-order valence-corrected chi connectivity index (χ3v) is 1.76. The fourth-order valence-corrected chi connectivity index (χ4v) is 1.21. The van der Waals surface area contributed by atoms with Crippen molar-refractivity contribution < 1.29 is 4.79 Å². The molecule has 0 aliphatic carbocycles. The highest BCUT2D eigenvalue weighted by atomic mass is 16.1. The van der Waals surface area contributed by atoms with Crippen LogP contribution in [0.5, 0.6) is 0 Å². The van der Waals surface area contributed by atoms with E-state index in [2.05, 4.69) is 31.9 Å². The molecular weight excluding hydrogens is 196 g/mol. The Bertz CT molecular complexity index is 348. The van der Waals surface area contributed by atoms with Crippen LogP contribution >= 0.6 is 0 Å². The summed E-state index contributed by atoms with van der Waals surface area (Å²) in [4.78, 5) is 9.44. The molecule has 1 rings (SSSR count). The molecule has 1 heteroatoms. The Morgan fingerprint density at radius 1 is 1.25 bits per heavy atom. The normalized spacial score (nSPS) is 9.00. The summed E-state index contributed by atoms with van der Waals surface area (Å²) < 4.78 is 0. The number of hydrogen-bond donors (Lipinski definition) is 0. The molecule has 0 aliphatic rings. The maximum absolute atomic E-state index is 9.44. The topological polar surface area (TPSA) is 17.1 Å². The minimum absolute atomic E-state index is 0.167. The van der Waals surface area contributed by atoms with Crippen molar-refractivity contribution in [2.24, 2.45) is 5.92 Å². The average molecular weight is 216 g/mol. The van der Waals surface area contributed by atoms with Gasteiger partial charge < -0.3 is 4.79 Å². The molecule has 0 saturated carbocycles. The SMILES string of the molecule is C#Cc1ccc(CC(C)C)cc1.CC(C)=O. The second-order valence-electron chi connectivity index (χ2n) is 4.35. The first-order valence-corrected chi connectivity index (χ1v) is 5.48. The van der Waals surface area contributed by atoms with Gasteiger partial charge in [0.1, 0.15) is 5.78 Å². The lowest BCUT2D eigenvalue weighted by atomic mass is 10.0. The Morgan fingerprint density at radius 3 is 2.00 bits per heavy atom. The van der Waals surface area contributed by atoms with E-state index in [1.54, 1.807) is 0 Å². The second kappa shape index (κ2) is 7.70. The summed E-state index contributed by atoms with van der Waals surface area (Å²) in [7, 11) is 0. The van der Waals surface area contributed by atoms with Gasteiger partial charge in [0.25, 0.3) is 0 Å². The van der Waals surface area contributed by atoms with Crippen LogP contribution in [0.2, 0.25) is 0 Å². The molecule has 0 spiro atoms. The molecule has 1 aromatic rings. The van der Waals surface area contributed by atoms with Crippen LogP contribution in [-0.4, -0.2) is 5.78 Å². The predicted octanol–water partition coefficient (Wildman–Crippen LogP) is 3.46. The molecule has 0 heterocycles. The zero-order valence-corrected chi connectivity index (χ0v) is 10.6. The summed E-state index contributed by atoms with van der Waals surface area (Å²) in [6.07, 6.45) is 6.38. The van der Waals surface area contributed by atoms with Crippen molar-refractivity contribution in [1.82, 2.24) is 0 Å². The molecular formula is C15H20O. The van der Waals surface area contributed by atoms with Crippen LogP contribution in [0.25, 0.3) is 0 Å². The molecule has 0 unspecified atom stereocenters. The quantitative estimate of drug-likeness (QED) is 0.692. The van der Waals surface area contributed by atoms with Gasteiger partial charge in [0, 0.05) is 5.56 Å². The average Bonchev–Trinajstić information content (AvgIpc) is 2.17. The molecule has 1 nitrogen and oxygen atoms in total. The zero-order chi connectivity index (χ0) is 12.6. The van der Waals surface area contributed by atoms with Crippen molar-refractivity contribution in [1.29, 1.82) is 0 Å². The van der Waals surface area contributed by atoms with Gasteiger partial charge in [-0.2, -0.15) is 0 Å². The van der Waals surface area contributed by atoms with Gasteiger partial charge in [0.15, 0.2) is 0 Å². The lowest BCUT2D eigenvalue weighted by molar-refractivity contribution is -0.114. The first-order valence-electron chi connectivity index (χ1n) is 5.48. The Hall–Kier alpha value is -1.55. The van der Waals surface area contributed by atoms with Crippen LogP contribution in [0.4, 0.5) is 0 Å². The van der Waals surface area contributed by atoms with Gasteiger partial charge in [0.2, 0.25) is 0 Å². The highest BCUT2D eigenvalue weighted by molar-refractivity contribution is 5.72. The highest BCUT2D eigenvalue weighted by Crippen LogP contribution is 2.08. The van der Waals surface area contributed by atoms with E-state index in [0.29, 0.717) is 5.92 Å². The van der Waals surface area contributed by atoms with Gasteiger partial charge in [-0.15, -0.1) is 6.42 Å². The Balaban J connectivity index is 0.000000487. The first-order chi connectivity index (χ1) is 7.45. The van der Waals surface area contributed by atoms with Crippen molar-refractivity contribution in [2.45, 2.75) is 34.1 Å². The minimum Gasteiger partial charge on any atom is -0.300 e. The van der Waals surface area contributed by atoms with Gasteiger partial charge in [-0.05, 0) is 43.9 Å². The second-order valence-corrected chi connectivity index (χ2v) is 4.35. The van der Waals surface area contributed by atoms with Gasteiger partial charge in [0.05, 0.1) is 0 Å². The number of benzene rings is 1. The minimum atomic E-state index is 0.167. The molecule has 0 saturated heterocycles. The summed E-state index contributed by atoms with van der Waals surface area (Å²) in [6.45, 7) is 7.49. The predicted molar refractivity (Wildman–Crippen MR) is 69.3 cm³/mol. The number of carbonyl (C=O) groups excluding carboxylic acids is 1. The van der Waals surface area contributed by atoms with Crippen LogP contribution in [0.15, 0.2) is 24.3 Å². The fourth-order valence-electron chi connectivity index (χ4n) is 1.21. The van der Waals surface area contributed by atoms with Crippen LogP contribution in [0, 0.1) is 18.3 Å². The van der Waals surface area contributed by atoms with Gasteiger partial charge >= 0.3 is 0 Å². The molecule has 0 fully saturated rings. The van der Waals surface area contributed by atoms with Crippen molar-refractivity contribution in [3.8, 4) is 12.3 Å². The first kappa shape index (κ1) is 14.5. The van der Waals surface area contributed by atoms with Crippen molar-refractivity contribution in [3.05, 3.63) is 35.4 Å². The standard InChI is InChI=1S/C12H14.C3H6O/c1-4-11-5-7-12(8-6-11)9-10(2)3;1-3(2)4/h1,5-8,10H,9H2,2-3H3;1-2H3. The monoisotopic (exact) mass is 216 g/mol. The lowest BCUT2D eigenvalue weighted by Gasteiger charge is -2.03. The summed E-state index contributed by atoms with van der Waals surface area (Å²) in [6, 6.07) is 8.21. The summed E-state index contributed by atoms with van der Waals surface area (Å²) in [5, 5.41) is 0. The molecule has 86 valence electrons. The van der Waals surface area contributed by atoms with E-state index in [4.69, 9.17) is 6.42 Å². The van der Waals surface area contributed by atoms with E-state index in [1.807, 2.05) is 12.1 Å². The molecule has 0 aromatic heterocycles. The molecule has 0 aliphatic heterocycles. The Labute approximate surface area is 98.9 Å². The smallest absolute Gasteiger partial charge is 0.126 e. The Kier molecular flexibility index (Phi) is 6.96. The highest BCUT2D eigenvalue weighted by Gasteiger charge is 1.96. The van der Waals surface area contributed by atoms with Gasteiger partial charge in [-0.3, -0.25) is 0 Å². The molecule has 0 radical (unpaired) electrons. The van der Waals surface area contributed by atoms with E-state index in [0.717, 1.165) is 12.0 Å². The molecule has 0 N–H and O–H groups in total. The molecule has 16 heavy (non-hydrogen) atoms. The summed E-state index contributed by atoms with van der Waals surface area (Å²) in [5.41, 5.74) is 2.33. The van der Waals surface area contributed by atoms with E-state index in [-0.39, 0.29) is 5.78 Å². The molecule has 1 aromatic carbocycles. The Morgan fingerprint density at radius 2 is 1.69 bits per heavy atom. The van der Waals surface area contributed by atoms with Crippen LogP contribution in [0.3, 0.4) is 0 Å². The van der Waals surface area contributed by atoms with Crippen molar-refractivity contribution in [2.75, 3.05) is 0 Å². The van der Waals surface area contributed by atoms with E-state index < -0.39 is 0 Å². The third-order valence-electron chi connectivity index (χ3n) is 1.76. The number of carbonyl (C=O) groups is 1. The van der Waals surface area contributed by atoms with Crippen molar-refractivity contribution >= 4 is 5.78 Å². The number of rotatable bonds is 2. The molecule has 0 bridgehead atoms. The number of hydrogen-bond acceptors (Lipinski definition) is 1. The van der Waals surface area contributed by atoms with Crippen LogP contribution in [-0.2, 0) is 11.2 Å². The van der Waals surface area contributed by atoms with Gasteiger partial charge in [-0.1, -0.05) is 31.9 Å². The number of Topliss-reactive ketones (excluding diaryl/α,β-unsaturated/α-hetero) is 1. The lowest BCUT2D eigenvalue weighted by Crippen LogP contribution is -1.93. The van der Waals surface area contributed by atoms with Crippen LogP contribution in [0.1, 0.15) is 38.8 Å². The maximum Gasteiger partial charge on any atom is 0.126 e. The van der Waals surface area contributed by atoms with E-state index in [9.17, 15) is 4.79 Å². The third kappa shape index (κ3) is 7.82. The summed E-state index contributed by atoms with van der Waals surface area (Å²) in [5.74, 6) is 3.48. The van der Waals surface area contributed by atoms with E-state index in [1.165, 1.54) is 19.4 Å². The largest absolute Gasteiger partial charge is 0.300 e. The van der Waals surface area contributed by atoms with E-state index >= 15 is 0 Å². The number of terminal acetylenes is 1. The van der Waals surface area contributed by atoms with Crippen LogP contribution < -0.4 is 0 Å². The summed E-state index contributed by atoms with van der Waals surface area (Å²) >= 11 is 0. The molecule has 0 atom stereocenters. The number of ketones is 1.